The van der Waals surface area contributed by atoms with Crippen molar-refractivity contribution < 1.29 is 90.8 Å². The monoisotopic (exact) mass is 993 g/mol. The standard InChI is InChI=1S/C44H76N6O19/c1-33(42(56)48-35(3)44(58)59)46-41(55)34(2)47-43(57)36(49-37(51)9-7-13-50-39(53)10-11-40(50)54)8-5-6-12-45-38(52)32-69-31-30-68-29-28-67-27-26-66-25-24-65-23-22-64-21-20-63-19-18-62-17-16-61-15-14-60-4/h10-11,33-36H,5-9,12-32H2,1-4H3,(H,45,52)(H,46,55)(H,47,57)(H,48,56)(H,49,51)(H,58,59)/t33-,34-,35-,36-/m0/s1. The minimum Gasteiger partial charge on any atom is -0.480 e. The van der Waals surface area contributed by atoms with Crippen molar-refractivity contribution in [3.63, 3.8) is 0 Å². The van der Waals surface area contributed by atoms with Gasteiger partial charge in [0, 0.05) is 38.8 Å². The van der Waals surface area contributed by atoms with Gasteiger partial charge in [0.05, 0.1) is 119 Å². The van der Waals surface area contributed by atoms with Crippen molar-refractivity contribution in [2.45, 2.75) is 77.0 Å². The second kappa shape index (κ2) is 41.1. The van der Waals surface area contributed by atoms with Crippen molar-refractivity contribution >= 4 is 47.3 Å². The molecule has 0 fully saturated rings. The molecule has 0 radical (unpaired) electrons. The van der Waals surface area contributed by atoms with Crippen LogP contribution in [0, 0.1) is 0 Å². The molecular formula is C44H76N6O19. The highest BCUT2D eigenvalue weighted by Gasteiger charge is 2.28. The first-order chi connectivity index (χ1) is 33.3. The summed E-state index contributed by atoms with van der Waals surface area (Å²) in [6.07, 6.45) is 3.23. The van der Waals surface area contributed by atoms with Crippen molar-refractivity contribution in [2.24, 2.45) is 0 Å². The molecule has 0 aromatic rings. The molecule has 0 bridgehead atoms. The summed E-state index contributed by atoms with van der Waals surface area (Å²) in [5, 5.41) is 21.5. The van der Waals surface area contributed by atoms with Gasteiger partial charge in [-0.25, -0.2) is 0 Å². The van der Waals surface area contributed by atoms with E-state index in [4.69, 9.17) is 52.5 Å². The number of unbranched alkanes of at least 4 members (excludes halogenated alkanes) is 1. The fourth-order valence-corrected chi connectivity index (χ4v) is 5.59. The molecule has 0 saturated carbocycles. The van der Waals surface area contributed by atoms with Crippen molar-refractivity contribution in [2.75, 3.05) is 146 Å². The molecule has 7 amide bonds. The molecule has 4 atom stereocenters. The van der Waals surface area contributed by atoms with Gasteiger partial charge in [-0.1, -0.05) is 0 Å². The van der Waals surface area contributed by atoms with Crippen molar-refractivity contribution in [1.82, 2.24) is 31.5 Å². The summed E-state index contributed by atoms with van der Waals surface area (Å²) in [6.45, 7) is 11.8. The van der Waals surface area contributed by atoms with E-state index in [9.17, 15) is 38.4 Å². The lowest BCUT2D eigenvalue weighted by atomic mass is 10.1. The van der Waals surface area contributed by atoms with E-state index in [1.165, 1.54) is 20.8 Å². The van der Waals surface area contributed by atoms with E-state index < -0.39 is 65.6 Å². The minimum absolute atomic E-state index is 0.00682. The van der Waals surface area contributed by atoms with Gasteiger partial charge < -0.3 is 79.1 Å². The Bertz CT molecular complexity index is 1510. The second-order valence-electron chi connectivity index (χ2n) is 15.2. The van der Waals surface area contributed by atoms with Crippen LogP contribution in [0.25, 0.3) is 0 Å². The summed E-state index contributed by atoms with van der Waals surface area (Å²) in [4.78, 5) is 99.1. The van der Waals surface area contributed by atoms with Crippen LogP contribution >= 0.6 is 0 Å². The SMILES string of the molecule is COCCOCCOCCOCCOCCOCCOCCOCCOCCOCC(=O)NCCCC[C@H](NC(=O)CCCN1C(=O)C=CC1=O)C(=O)N[C@@H](C)C(=O)N[C@@H](C)C(=O)N[C@@H](C)C(=O)O. The van der Waals surface area contributed by atoms with E-state index in [0.717, 1.165) is 17.1 Å². The molecular weight excluding hydrogens is 917 g/mol. The Morgan fingerprint density at radius 2 is 0.899 bits per heavy atom. The van der Waals surface area contributed by atoms with Crippen molar-refractivity contribution in [3.05, 3.63) is 12.2 Å². The third-order valence-corrected chi connectivity index (χ3v) is 9.45. The van der Waals surface area contributed by atoms with Crippen LogP contribution in [0.1, 0.15) is 52.9 Å². The highest BCUT2D eigenvalue weighted by Crippen LogP contribution is 2.07. The molecule has 6 N–H and O–H groups in total. The largest absolute Gasteiger partial charge is 0.480 e. The lowest BCUT2D eigenvalue weighted by Crippen LogP contribution is -2.56. The number of carboxylic acids is 1. The van der Waals surface area contributed by atoms with Crippen LogP contribution in [0.2, 0.25) is 0 Å². The molecule has 1 aliphatic heterocycles. The predicted molar refractivity (Wildman–Crippen MR) is 244 cm³/mol. The van der Waals surface area contributed by atoms with Crippen molar-refractivity contribution in [1.29, 1.82) is 0 Å². The average Bonchev–Trinajstić information content (AvgIpc) is 3.64. The first-order valence-electron chi connectivity index (χ1n) is 23.2. The Morgan fingerprint density at radius 1 is 0.507 bits per heavy atom. The number of carbonyl (C=O) groups excluding carboxylic acids is 7. The van der Waals surface area contributed by atoms with Gasteiger partial charge in [0.15, 0.2) is 0 Å². The second-order valence-corrected chi connectivity index (χ2v) is 15.2. The third kappa shape index (κ3) is 33.5. The molecule has 1 heterocycles. The highest BCUT2D eigenvalue weighted by molar-refractivity contribution is 6.12. The summed E-state index contributed by atoms with van der Waals surface area (Å²) in [5.41, 5.74) is 0. The number of nitrogens with zero attached hydrogens (tertiary/aromatic N) is 1. The number of ether oxygens (including phenoxy) is 10. The molecule has 1 aliphatic rings. The maximum absolute atomic E-state index is 13.3. The fourth-order valence-electron chi connectivity index (χ4n) is 5.59. The van der Waals surface area contributed by atoms with Crippen LogP contribution < -0.4 is 26.6 Å². The molecule has 25 nitrogen and oxygen atoms in total. The molecule has 1 rings (SSSR count). The van der Waals surface area contributed by atoms with Gasteiger partial charge in [-0.15, -0.1) is 0 Å². The fraction of sp³-hybridized carbons (Fsp3) is 0.773. The molecule has 0 unspecified atom stereocenters. The van der Waals surface area contributed by atoms with Gasteiger partial charge in [-0.2, -0.15) is 0 Å². The van der Waals surface area contributed by atoms with E-state index in [1.807, 2.05) is 0 Å². The van der Waals surface area contributed by atoms with Gasteiger partial charge in [0.2, 0.25) is 29.5 Å². The smallest absolute Gasteiger partial charge is 0.325 e. The van der Waals surface area contributed by atoms with E-state index >= 15 is 0 Å². The summed E-state index contributed by atoms with van der Waals surface area (Å²) in [5.74, 6) is -5.29. The summed E-state index contributed by atoms with van der Waals surface area (Å²) in [6, 6.07) is -4.56. The van der Waals surface area contributed by atoms with E-state index in [1.54, 1.807) is 7.11 Å². The van der Waals surface area contributed by atoms with Gasteiger partial charge in [-0.3, -0.25) is 43.3 Å². The number of hydrogen-bond donors (Lipinski definition) is 6. The number of nitrogens with one attached hydrogen (secondary N) is 5. The Morgan fingerprint density at radius 3 is 1.32 bits per heavy atom. The summed E-state index contributed by atoms with van der Waals surface area (Å²) >= 11 is 0. The van der Waals surface area contributed by atoms with Gasteiger partial charge in [0.1, 0.15) is 30.8 Å². The number of aliphatic carboxylic acids is 1. The number of imide groups is 1. The Hall–Kier alpha value is -4.70. The molecule has 69 heavy (non-hydrogen) atoms. The molecule has 0 spiro atoms. The summed E-state index contributed by atoms with van der Waals surface area (Å²) < 4.78 is 53.7. The van der Waals surface area contributed by atoms with Crippen LogP contribution in [0.4, 0.5) is 0 Å². The van der Waals surface area contributed by atoms with Crippen LogP contribution in [0.3, 0.4) is 0 Å². The number of methoxy groups -OCH3 is 1. The number of carbonyl (C=O) groups is 8. The maximum Gasteiger partial charge on any atom is 0.325 e. The summed E-state index contributed by atoms with van der Waals surface area (Å²) in [7, 11) is 1.63. The lowest BCUT2D eigenvalue weighted by molar-refractivity contribution is -0.141. The van der Waals surface area contributed by atoms with Crippen LogP contribution in [0.15, 0.2) is 12.2 Å². The first kappa shape index (κ1) is 62.3. The number of carboxylic acid groups (broad SMARTS) is 1. The molecule has 396 valence electrons. The van der Waals surface area contributed by atoms with Crippen LogP contribution in [-0.2, 0) is 85.7 Å². The lowest BCUT2D eigenvalue weighted by Gasteiger charge is -2.23. The minimum atomic E-state index is -1.26. The Balaban J connectivity index is 2.17. The van der Waals surface area contributed by atoms with Gasteiger partial charge in [0.25, 0.3) is 11.8 Å². The quantitative estimate of drug-likeness (QED) is 0.0280. The average molecular weight is 993 g/mol. The van der Waals surface area contributed by atoms with E-state index in [2.05, 4.69) is 26.6 Å². The van der Waals surface area contributed by atoms with Gasteiger partial charge in [-0.05, 0) is 46.5 Å². The number of amides is 7. The Kier molecular flexibility index (Phi) is 37.1. The van der Waals surface area contributed by atoms with Gasteiger partial charge >= 0.3 is 5.97 Å². The van der Waals surface area contributed by atoms with E-state index in [-0.39, 0.29) is 58.1 Å². The zero-order valence-corrected chi connectivity index (χ0v) is 40.6. The number of hydrogen-bond acceptors (Lipinski definition) is 18. The third-order valence-electron chi connectivity index (χ3n) is 9.45. The molecule has 0 aliphatic carbocycles. The maximum atomic E-state index is 13.3. The predicted octanol–water partition coefficient (Wildman–Crippen LogP) is -2.14. The molecule has 0 aromatic heterocycles. The van der Waals surface area contributed by atoms with Crippen LogP contribution in [0.5, 0.6) is 0 Å². The zero-order chi connectivity index (χ0) is 50.9. The first-order valence-corrected chi connectivity index (χ1v) is 23.2. The molecule has 0 aromatic carbocycles. The molecule has 25 heteroatoms. The Labute approximate surface area is 403 Å². The topological polar surface area (TPSA) is 312 Å². The van der Waals surface area contributed by atoms with Crippen LogP contribution in [-0.4, -0.2) is 227 Å². The zero-order valence-electron chi connectivity index (χ0n) is 40.6. The normalized spacial score (nSPS) is 14.0. The highest BCUT2D eigenvalue weighted by atomic mass is 16.6. The van der Waals surface area contributed by atoms with E-state index in [0.29, 0.717) is 119 Å². The van der Waals surface area contributed by atoms with Crippen molar-refractivity contribution in [3.8, 4) is 0 Å². The molecule has 0 saturated heterocycles. The number of rotatable bonds is 46.